The molecule has 0 radical (unpaired) electrons. The lowest BCUT2D eigenvalue weighted by Crippen LogP contribution is -2.30. The van der Waals surface area contributed by atoms with Gasteiger partial charge in [0, 0.05) is 25.2 Å². The van der Waals surface area contributed by atoms with Gasteiger partial charge in [0.15, 0.2) is 0 Å². The summed E-state index contributed by atoms with van der Waals surface area (Å²) in [6.45, 7) is 1.65. The van der Waals surface area contributed by atoms with Gasteiger partial charge in [-0.3, -0.25) is 9.59 Å². The molecule has 0 aliphatic carbocycles. The first-order valence-electron chi connectivity index (χ1n) is 8.10. The van der Waals surface area contributed by atoms with Crippen molar-refractivity contribution in [3.05, 3.63) is 63.5 Å². The maximum atomic E-state index is 12.5. The number of carbonyl (C=O) groups excluding carboxylic acids is 1. The number of benzene rings is 2. The highest BCUT2D eigenvalue weighted by Gasteiger charge is 2.12. The van der Waals surface area contributed by atoms with E-state index in [1.807, 2.05) is 44.1 Å². The smallest absolute Gasteiger partial charge is 0.275 e. The third-order valence-corrected chi connectivity index (χ3v) is 4.36. The molecular weight excluding hydrogens is 352 g/mol. The summed E-state index contributed by atoms with van der Waals surface area (Å²) >= 11 is 6.22. The highest BCUT2D eigenvalue weighted by Crippen LogP contribution is 2.27. The van der Waals surface area contributed by atoms with Gasteiger partial charge in [0.1, 0.15) is 6.54 Å². The van der Waals surface area contributed by atoms with Crippen LogP contribution in [0.25, 0.3) is 10.8 Å². The number of carbonyl (C=O) groups is 1. The lowest BCUT2D eigenvalue weighted by Gasteiger charge is -2.15. The molecule has 2 aromatic carbocycles. The second kappa shape index (κ2) is 7.17. The van der Waals surface area contributed by atoms with Gasteiger partial charge in [-0.1, -0.05) is 29.8 Å². The molecule has 1 N–H and O–H groups in total. The summed E-state index contributed by atoms with van der Waals surface area (Å²) in [5.41, 5.74) is 1.83. The van der Waals surface area contributed by atoms with Gasteiger partial charge >= 0.3 is 0 Å². The molecule has 0 fully saturated rings. The van der Waals surface area contributed by atoms with Gasteiger partial charge in [-0.25, -0.2) is 4.68 Å². The Morgan fingerprint density at radius 3 is 2.54 bits per heavy atom. The Morgan fingerprint density at radius 1 is 1.19 bits per heavy atom. The van der Waals surface area contributed by atoms with E-state index in [2.05, 4.69) is 10.4 Å². The second-order valence-corrected chi connectivity index (χ2v) is 6.61. The van der Waals surface area contributed by atoms with Crippen LogP contribution in [-0.4, -0.2) is 29.8 Å². The molecule has 134 valence electrons. The molecule has 7 heteroatoms. The molecule has 26 heavy (non-hydrogen) atoms. The Labute approximate surface area is 156 Å². The zero-order chi connectivity index (χ0) is 18.8. The fraction of sp³-hybridized carbons (Fsp3) is 0.211. The summed E-state index contributed by atoms with van der Waals surface area (Å²) in [5.74, 6) is -0.344. The summed E-state index contributed by atoms with van der Waals surface area (Å²) in [6.07, 6.45) is 0. The number of anilines is 2. The van der Waals surface area contributed by atoms with Crippen molar-refractivity contribution in [2.45, 2.75) is 13.5 Å². The minimum atomic E-state index is -0.344. The van der Waals surface area contributed by atoms with E-state index >= 15 is 0 Å². The van der Waals surface area contributed by atoms with Crippen molar-refractivity contribution in [2.24, 2.45) is 0 Å². The van der Waals surface area contributed by atoms with Crippen molar-refractivity contribution in [1.29, 1.82) is 0 Å². The Balaban J connectivity index is 1.83. The summed E-state index contributed by atoms with van der Waals surface area (Å²) in [4.78, 5) is 26.8. The van der Waals surface area contributed by atoms with Gasteiger partial charge in [0.2, 0.25) is 5.91 Å². The lowest BCUT2D eigenvalue weighted by atomic mass is 10.1. The number of aromatic nitrogens is 2. The predicted molar refractivity (Wildman–Crippen MR) is 105 cm³/mol. The van der Waals surface area contributed by atoms with E-state index < -0.39 is 0 Å². The SMILES string of the molecule is Cc1nn(CC(=O)Nc2ccc(N(C)C)c(Cl)c2)c(=O)c2ccccc12. The molecule has 6 nitrogen and oxygen atoms in total. The zero-order valence-corrected chi connectivity index (χ0v) is 15.5. The van der Waals surface area contributed by atoms with Gasteiger partial charge in [0.05, 0.1) is 21.8 Å². The van der Waals surface area contributed by atoms with E-state index in [-0.39, 0.29) is 18.0 Å². The van der Waals surface area contributed by atoms with Crippen molar-refractivity contribution in [3.63, 3.8) is 0 Å². The molecule has 0 bridgehead atoms. The van der Waals surface area contributed by atoms with E-state index in [1.165, 1.54) is 4.68 Å². The standard InChI is InChI=1S/C19H19ClN4O2/c1-12-14-6-4-5-7-15(14)19(26)24(22-12)11-18(25)21-13-8-9-17(23(2)3)16(20)10-13/h4-10H,11H2,1-3H3,(H,21,25). The van der Waals surface area contributed by atoms with E-state index in [9.17, 15) is 9.59 Å². The minimum Gasteiger partial charge on any atom is -0.376 e. The fourth-order valence-electron chi connectivity index (χ4n) is 2.80. The summed E-state index contributed by atoms with van der Waals surface area (Å²) in [5, 5.41) is 8.87. The zero-order valence-electron chi connectivity index (χ0n) is 14.8. The number of hydrogen-bond acceptors (Lipinski definition) is 4. The third kappa shape index (κ3) is 3.55. The van der Waals surface area contributed by atoms with Crippen LogP contribution in [0, 0.1) is 6.92 Å². The number of halogens is 1. The van der Waals surface area contributed by atoms with Crippen molar-refractivity contribution in [2.75, 3.05) is 24.3 Å². The molecule has 0 aliphatic rings. The fourth-order valence-corrected chi connectivity index (χ4v) is 3.15. The molecule has 3 aromatic rings. The number of amides is 1. The van der Waals surface area contributed by atoms with Crippen LogP contribution in [0.4, 0.5) is 11.4 Å². The van der Waals surface area contributed by atoms with E-state index in [4.69, 9.17) is 11.6 Å². The van der Waals surface area contributed by atoms with Crippen molar-refractivity contribution < 1.29 is 4.79 Å². The number of fused-ring (bicyclic) bond motifs is 1. The molecule has 0 atom stereocenters. The molecule has 0 aliphatic heterocycles. The maximum Gasteiger partial charge on any atom is 0.275 e. The van der Waals surface area contributed by atoms with Crippen LogP contribution in [0.1, 0.15) is 5.69 Å². The second-order valence-electron chi connectivity index (χ2n) is 6.20. The van der Waals surface area contributed by atoms with E-state index in [1.54, 1.807) is 24.3 Å². The number of rotatable bonds is 4. The van der Waals surface area contributed by atoms with Crippen molar-refractivity contribution >= 4 is 39.7 Å². The van der Waals surface area contributed by atoms with Gasteiger partial charge in [0.25, 0.3) is 5.56 Å². The number of hydrogen-bond donors (Lipinski definition) is 1. The lowest BCUT2D eigenvalue weighted by molar-refractivity contribution is -0.117. The first-order chi connectivity index (χ1) is 12.4. The molecule has 1 heterocycles. The molecule has 0 unspecified atom stereocenters. The Bertz CT molecular complexity index is 1040. The molecule has 0 saturated heterocycles. The summed E-state index contributed by atoms with van der Waals surface area (Å²) < 4.78 is 1.18. The highest BCUT2D eigenvalue weighted by atomic mass is 35.5. The molecular formula is C19H19ClN4O2. The molecule has 1 amide bonds. The predicted octanol–water partition coefficient (Wildman–Crippen LogP) is 3.06. The highest BCUT2D eigenvalue weighted by molar-refractivity contribution is 6.33. The van der Waals surface area contributed by atoms with Crippen LogP contribution in [0.2, 0.25) is 5.02 Å². The molecule has 3 rings (SSSR count). The molecule has 0 spiro atoms. The number of nitrogens with one attached hydrogen (secondary N) is 1. The third-order valence-electron chi connectivity index (χ3n) is 4.06. The van der Waals surface area contributed by atoms with Crippen LogP contribution in [-0.2, 0) is 11.3 Å². The normalized spacial score (nSPS) is 10.8. The van der Waals surface area contributed by atoms with Crippen LogP contribution >= 0.6 is 11.6 Å². The van der Waals surface area contributed by atoms with Crippen molar-refractivity contribution in [3.8, 4) is 0 Å². The van der Waals surface area contributed by atoms with Crippen LogP contribution in [0.15, 0.2) is 47.3 Å². The first-order valence-corrected chi connectivity index (χ1v) is 8.48. The van der Waals surface area contributed by atoms with Gasteiger partial charge in [-0.2, -0.15) is 5.10 Å². The van der Waals surface area contributed by atoms with Gasteiger partial charge in [-0.05, 0) is 31.2 Å². The summed E-state index contributed by atoms with van der Waals surface area (Å²) in [6, 6.07) is 12.5. The van der Waals surface area contributed by atoms with Gasteiger partial charge in [-0.15, -0.1) is 0 Å². The maximum absolute atomic E-state index is 12.5. The average molecular weight is 371 g/mol. The average Bonchev–Trinajstić information content (AvgIpc) is 2.59. The Morgan fingerprint density at radius 2 is 1.88 bits per heavy atom. The van der Waals surface area contributed by atoms with Crippen molar-refractivity contribution in [1.82, 2.24) is 9.78 Å². The van der Waals surface area contributed by atoms with E-state index in [0.717, 1.165) is 11.1 Å². The minimum absolute atomic E-state index is 0.169. The number of aryl methyl sites for hydroxylation is 1. The van der Waals surface area contributed by atoms with Crippen LogP contribution in [0.5, 0.6) is 0 Å². The number of nitrogens with zero attached hydrogens (tertiary/aromatic N) is 3. The van der Waals surface area contributed by atoms with E-state index in [0.29, 0.717) is 21.8 Å². The van der Waals surface area contributed by atoms with Crippen LogP contribution in [0.3, 0.4) is 0 Å². The monoisotopic (exact) mass is 370 g/mol. The van der Waals surface area contributed by atoms with Gasteiger partial charge < -0.3 is 10.2 Å². The molecule has 0 saturated carbocycles. The Hall–Kier alpha value is -2.86. The first kappa shape index (κ1) is 17.9. The summed E-state index contributed by atoms with van der Waals surface area (Å²) in [7, 11) is 3.78. The topological polar surface area (TPSA) is 67.2 Å². The molecule has 1 aromatic heterocycles. The quantitative estimate of drug-likeness (QED) is 0.766. The van der Waals surface area contributed by atoms with Crippen LogP contribution < -0.4 is 15.8 Å². The largest absolute Gasteiger partial charge is 0.376 e. The Kier molecular flexibility index (Phi) is 4.95.